The molecule has 0 amide bonds. The third-order valence-corrected chi connectivity index (χ3v) is 3.88. The quantitative estimate of drug-likeness (QED) is 0.494. The fourth-order valence-electron chi connectivity index (χ4n) is 1.98. The third-order valence-electron chi connectivity index (χ3n) is 3.21. The van der Waals surface area contributed by atoms with E-state index in [2.05, 4.69) is 48.0 Å². The van der Waals surface area contributed by atoms with Gasteiger partial charge in [0, 0.05) is 6.07 Å². The van der Waals surface area contributed by atoms with Crippen LogP contribution in [0.4, 0.5) is 5.69 Å². The van der Waals surface area contributed by atoms with Crippen LogP contribution in [0.3, 0.4) is 0 Å². The highest BCUT2D eigenvalue weighted by Gasteiger charge is 2.11. The normalized spacial score (nSPS) is 13.2. The minimum atomic E-state index is -0.362. The maximum absolute atomic E-state index is 10.6. The largest absolute Gasteiger partial charge is 0.283 e. The average molecular weight is 352 g/mol. The van der Waals surface area contributed by atoms with Crippen molar-refractivity contribution < 1.29 is 4.92 Å². The molecule has 3 nitrogen and oxygen atoms in total. The fraction of sp³-hybridized carbons (Fsp3) is 0.412. The highest BCUT2D eigenvalue weighted by Crippen LogP contribution is 2.26. The van der Waals surface area contributed by atoms with E-state index >= 15 is 0 Å². The summed E-state index contributed by atoms with van der Waals surface area (Å²) in [6, 6.07) is 5.30. The molecule has 1 aromatic carbocycles. The molecule has 0 unspecified atom stereocenters. The Morgan fingerprint density at radius 1 is 1.33 bits per heavy atom. The number of allylic oxidation sites excluding steroid dienone is 4. The summed E-state index contributed by atoms with van der Waals surface area (Å²) in [6.07, 6.45) is 12.2. The lowest BCUT2D eigenvalue weighted by atomic mass is 10.1. The molecule has 1 aliphatic carbocycles. The van der Waals surface area contributed by atoms with E-state index in [-0.39, 0.29) is 10.6 Å². The Kier molecular flexibility index (Phi) is 7.98. The second-order valence-electron chi connectivity index (χ2n) is 5.07. The zero-order valence-electron chi connectivity index (χ0n) is 12.6. The molecule has 2 rings (SSSR count). The Bertz CT molecular complexity index is 536. The van der Waals surface area contributed by atoms with Crippen molar-refractivity contribution in [2.24, 2.45) is 0 Å². The van der Waals surface area contributed by atoms with E-state index in [4.69, 9.17) is 0 Å². The number of nitro benzene ring substituents is 1. The predicted octanol–water partition coefficient (Wildman–Crippen LogP) is 5.98. The summed E-state index contributed by atoms with van der Waals surface area (Å²) in [5.41, 5.74) is 2.59. The lowest BCUT2D eigenvalue weighted by molar-refractivity contribution is -0.385. The standard InChI is InChI=1S/C10H12BrNO2.C7H10/c1-2-3-4-8-5-6-9(11)10(7-8)12(13)14;1-7-5-3-2-4-6-7/h5-7H,2-4H2,1H3;3,5-6H,2,4H2,1H3. The van der Waals surface area contributed by atoms with Gasteiger partial charge in [-0.15, -0.1) is 0 Å². The van der Waals surface area contributed by atoms with Crippen molar-refractivity contribution in [1.29, 1.82) is 0 Å². The first-order valence-electron chi connectivity index (χ1n) is 7.30. The van der Waals surface area contributed by atoms with E-state index in [1.165, 1.54) is 18.4 Å². The number of benzene rings is 1. The van der Waals surface area contributed by atoms with E-state index in [0.717, 1.165) is 24.8 Å². The first-order chi connectivity index (χ1) is 10.0. The summed E-state index contributed by atoms with van der Waals surface area (Å²) < 4.78 is 0.544. The van der Waals surface area contributed by atoms with Crippen molar-refractivity contribution in [1.82, 2.24) is 0 Å². The van der Waals surface area contributed by atoms with Gasteiger partial charge in [0.25, 0.3) is 5.69 Å². The second kappa shape index (κ2) is 9.50. The molecular weight excluding hydrogens is 330 g/mol. The zero-order valence-corrected chi connectivity index (χ0v) is 14.2. The number of hydrogen-bond acceptors (Lipinski definition) is 2. The van der Waals surface area contributed by atoms with Crippen LogP contribution in [-0.4, -0.2) is 4.92 Å². The summed E-state index contributed by atoms with van der Waals surface area (Å²) in [5, 5.41) is 10.6. The van der Waals surface area contributed by atoms with Crippen molar-refractivity contribution in [3.63, 3.8) is 0 Å². The molecule has 1 aromatic rings. The Labute approximate surface area is 135 Å². The monoisotopic (exact) mass is 351 g/mol. The van der Waals surface area contributed by atoms with E-state index < -0.39 is 0 Å². The molecule has 0 saturated heterocycles. The van der Waals surface area contributed by atoms with Crippen molar-refractivity contribution in [2.45, 2.75) is 46.0 Å². The van der Waals surface area contributed by atoms with Crippen LogP contribution in [0.15, 0.2) is 46.5 Å². The van der Waals surface area contributed by atoms with Gasteiger partial charge in [-0.05, 0) is 60.2 Å². The van der Waals surface area contributed by atoms with Gasteiger partial charge in [-0.2, -0.15) is 0 Å². The molecule has 114 valence electrons. The van der Waals surface area contributed by atoms with E-state index in [9.17, 15) is 10.1 Å². The van der Waals surface area contributed by atoms with Gasteiger partial charge in [0.2, 0.25) is 0 Å². The number of nitrogens with zero attached hydrogens (tertiary/aromatic N) is 1. The minimum Gasteiger partial charge on any atom is -0.258 e. The Hall–Kier alpha value is -1.42. The number of rotatable bonds is 4. The molecule has 0 fully saturated rings. The van der Waals surface area contributed by atoms with Crippen LogP contribution in [-0.2, 0) is 6.42 Å². The highest BCUT2D eigenvalue weighted by molar-refractivity contribution is 9.10. The van der Waals surface area contributed by atoms with Crippen LogP contribution in [0.25, 0.3) is 0 Å². The SMILES string of the molecule is CC1=CCCC=C1.CCCCc1ccc(Br)c([N+](=O)[O-])c1. The van der Waals surface area contributed by atoms with Crippen LogP contribution in [0.2, 0.25) is 0 Å². The van der Waals surface area contributed by atoms with Gasteiger partial charge >= 0.3 is 0 Å². The third kappa shape index (κ3) is 6.71. The maximum atomic E-state index is 10.6. The first kappa shape index (κ1) is 17.6. The van der Waals surface area contributed by atoms with Crippen molar-refractivity contribution in [3.8, 4) is 0 Å². The molecule has 0 N–H and O–H groups in total. The van der Waals surface area contributed by atoms with Crippen molar-refractivity contribution in [3.05, 3.63) is 62.2 Å². The molecule has 0 aliphatic heterocycles. The zero-order chi connectivity index (χ0) is 15.7. The molecule has 1 aliphatic rings. The summed E-state index contributed by atoms with van der Waals surface area (Å²) in [5.74, 6) is 0. The molecule has 0 bridgehead atoms. The Balaban J connectivity index is 0.000000262. The number of aryl methyl sites for hydroxylation is 1. The topological polar surface area (TPSA) is 43.1 Å². The van der Waals surface area contributed by atoms with Crippen molar-refractivity contribution >= 4 is 21.6 Å². The van der Waals surface area contributed by atoms with Gasteiger partial charge in [0.05, 0.1) is 9.40 Å². The van der Waals surface area contributed by atoms with Crippen LogP contribution in [0.1, 0.15) is 45.1 Å². The van der Waals surface area contributed by atoms with Crippen LogP contribution >= 0.6 is 15.9 Å². The molecule has 0 atom stereocenters. The second-order valence-corrected chi connectivity index (χ2v) is 5.93. The summed E-state index contributed by atoms with van der Waals surface area (Å²) in [7, 11) is 0. The van der Waals surface area contributed by atoms with Gasteiger partial charge in [-0.1, -0.05) is 43.2 Å². The number of hydrogen-bond donors (Lipinski definition) is 0. The van der Waals surface area contributed by atoms with Crippen LogP contribution in [0, 0.1) is 10.1 Å². The van der Waals surface area contributed by atoms with Gasteiger partial charge in [-0.25, -0.2) is 0 Å². The molecule has 0 spiro atoms. The summed E-state index contributed by atoms with van der Waals surface area (Å²) >= 11 is 3.16. The molecule has 4 heteroatoms. The number of nitro groups is 1. The van der Waals surface area contributed by atoms with Crippen molar-refractivity contribution in [2.75, 3.05) is 0 Å². The lowest BCUT2D eigenvalue weighted by Crippen LogP contribution is -1.92. The van der Waals surface area contributed by atoms with Crippen LogP contribution in [0.5, 0.6) is 0 Å². The predicted molar refractivity (Wildman–Crippen MR) is 91.5 cm³/mol. The Morgan fingerprint density at radius 3 is 2.57 bits per heavy atom. The van der Waals surface area contributed by atoms with Crippen LogP contribution < -0.4 is 0 Å². The highest BCUT2D eigenvalue weighted by atomic mass is 79.9. The molecule has 0 saturated carbocycles. The smallest absolute Gasteiger partial charge is 0.258 e. The van der Waals surface area contributed by atoms with E-state index in [0.29, 0.717) is 4.47 Å². The van der Waals surface area contributed by atoms with Gasteiger partial charge < -0.3 is 0 Å². The molecule has 21 heavy (non-hydrogen) atoms. The summed E-state index contributed by atoms with van der Waals surface area (Å²) in [4.78, 5) is 10.3. The molecule has 0 radical (unpaired) electrons. The van der Waals surface area contributed by atoms with Gasteiger partial charge in [0.15, 0.2) is 0 Å². The first-order valence-corrected chi connectivity index (χ1v) is 8.10. The summed E-state index contributed by atoms with van der Waals surface area (Å²) in [6.45, 7) is 4.24. The molecular formula is C17H22BrNO2. The lowest BCUT2D eigenvalue weighted by Gasteiger charge is -2.00. The minimum absolute atomic E-state index is 0.151. The van der Waals surface area contributed by atoms with E-state index in [1.807, 2.05) is 6.07 Å². The molecule has 0 heterocycles. The van der Waals surface area contributed by atoms with E-state index in [1.54, 1.807) is 12.1 Å². The number of unbranched alkanes of at least 4 members (excludes halogenated alkanes) is 1. The number of halogens is 1. The Morgan fingerprint density at radius 2 is 2.10 bits per heavy atom. The average Bonchev–Trinajstić information content (AvgIpc) is 2.47. The van der Waals surface area contributed by atoms with Gasteiger partial charge in [-0.3, -0.25) is 10.1 Å². The molecule has 0 aromatic heterocycles. The maximum Gasteiger partial charge on any atom is 0.283 e. The fourth-order valence-corrected chi connectivity index (χ4v) is 2.37. The van der Waals surface area contributed by atoms with Gasteiger partial charge in [0.1, 0.15) is 0 Å².